The molecule has 0 aromatic heterocycles. The van der Waals surface area contributed by atoms with Gasteiger partial charge in [0.15, 0.2) is 0 Å². The monoisotopic (exact) mass is 295 g/mol. The third-order valence-electron chi connectivity index (χ3n) is 3.26. The van der Waals surface area contributed by atoms with Gasteiger partial charge in [-0.2, -0.15) is 0 Å². The van der Waals surface area contributed by atoms with Crippen LogP contribution in [0.3, 0.4) is 0 Å². The fourth-order valence-corrected chi connectivity index (χ4v) is 1.99. The van der Waals surface area contributed by atoms with Crippen LogP contribution in [0.4, 0.5) is 0 Å². The van der Waals surface area contributed by atoms with Gasteiger partial charge in [0.1, 0.15) is 11.5 Å². The first-order chi connectivity index (χ1) is 9.92. The first kappa shape index (κ1) is 16.8. The molecule has 116 valence electrons. The molecule has 0 radical (unpaired) electrons. The molecule has 0 heterocycles. The molecule has 0 aliphatic rings. The van der Waals surface area contributed by atoms with Gasteiger partial charge >= 0.3 is 5.97 Å². The molecule has 1 amide bonds. The fraction of sp³-hybridized carbons (Fsp3) is 0.467. The topological polar surface area (TPSA) is 84.9 Å². The Bertz CT molecular complexity index is 502. The Hall–Kier alpha value is -2.24. The molecule has 0 bridgehead atoms. The number of carbonyl (C=O) groups excluding carboxylic acids is 1. The summed E-state index contributed by atoms with van der Waals surface area (Å²) >= 11 is 0. The maximum Gasteiger partial charge on any atom is 0.305 e. The van der Waals surface area contributed by atoms with Crippen LogP contribution in [0.1, 0.15) is 35.7 Å². The zero-order valence-corrected chi connectivity index (χ0v) is 12.7. The minimum absolute atomic E-state index is 0.109. The van der Waals surface area contributed by atoms with Crippen molar-refractivity contribution >= 4 is 11.9 Å². The first-order valence-corrected chi connectivity index (χ1v) is 6.68. The number of carboxylic acids is 1. The Morgan fingerprint density at radius 2 is 1.76 bits per heavy atom. The number of ether oxygens (including phenoxy) is 2. The maximum atomic E-state index is 12.2. The summed E-state index contributed by atoms with van der Waals surface area (Å²) in [6.07, 6.45) is 0.431. The van der Waals surface area contributed by atoms with Crippen LogP contribution in [0.5, 0.6) is 11.5 Å². The summed E-state index contributed by atoms with van der Waals surface area (Å²) in [5.41, 5.74) is 1.17. The number of hydrogen-bond donors (Lipinski definition) is 2. The van der Waals surface area contributed by atoms with Gasteiger partial charge in [-0.25, -0.2) is 0 Å². The summed E-state index contributed by atoms with van der Waals surface area (Å²) in [4.78, 5) is 23.0. The second-order valence-electron chi connectivity index (χ2n) is 4.68. The van der Waals surface area contributed by atoms with Crippen LogP contribution in [-0.4, -0.2) is 37.2 Å². The highest BCUT2D eigenvalue weighted by molar-refractivity contribution is 5.95. The lowest BCUT2D eigenvalue weighted by molar-refractivity contribution is -0.137. The lowest BCUT2D eigenvalue weighted by atomic mass is 10.1. The normalized spacial score (nSPS) is 11.6. The van der Waals surface area contributed by atoms with Crippen molar-refractivity contribution in [2.75, 3.05) is 14.2 Å². The standard InChI is InChI=1S/C15H21NO5/c1-5-11(8-14(17)18)16-15(19)10-6-12(20-3)9(2)13(7-10)21-4/h6-7,11H,5,8H2,1-4H3,(H,16,19)(H,17,18). The molecule has 0 saturated carbocycles. The van der Waals surface area contributed by atoms with Crippen molar-refractivity contribution in [2.45, 2.75) is 32.7 Å². The molecule has 6 heteroatoms. The minimum atomic E-state index is -0.943. The smallest absolute Gasteiger partial charge is 0.305 e. The van der Waals surface area contributed by atoms with Crippen LogP contribution < -0.4 is 14.8 Å². The molecule has 21 heavy (non-hydrogen) atoms. The second-order valence-corrected chi connectivity index (χ2v) is 4.68. The number of amides is 1. The Morgan fingerprint density at radius 1 is 1.24 bits per heavy atom. The predicted molar refractivity (Wildman–Crippen MR) is 78.1 cm³/mol. The van der Waals surface area contributed by atoms with E-state index in [4.69, 9.17) is 14.6 Å². The van der Waals surface area contributed by atoms with Gasteiger partial charge in [-0.15, -0.1) is 0 Å². The average molecular weight is 295 g/mol. The van der Waals surface area contributed by atoms with E-state index >= 15 is 0 Å². The lowest BCUT2D eigenvalue weighted by Gasteiger charge is -2.16. The number of aliphatic carboxylic acids is 1. The second kappa shape index (κ2) is 7.52. The lowest BCUT2D eigenvalue weighted by Crippen LogP contribution is -2.36. The van der Waals surface area contributed by atoms with Gasteiger partial charge in [0.05, 0.1) is 20.6 Å². The van der Waals surface area contributed by atoms with Gasteiger partial charge in [-0.1, -0.05) is 6.92 Å². The van der Waals surface area contributed by atoms with E-state index in [1.54, 1.807) is 12.1 Å². The van der Waals surface area contributed by atoms with Gasteiger partial charge < -0.3 is 19.9 Å². The molecule has 6 nitrogen and oxygen atoms in total. The van der Waals surface area contributed by atoms with Crippen molar-refractivity contribution < 1.29 is 24.2 Å². The van der Waals surface area contributed by atoms with Crippen LogP contribution in [0, 0.1) is 6.92 Å². The highest BCUT2D eigenvalue weighted by Crippen LogP contribution is 2.29. The van der Waals surface area contributed by atoms with Crippen molar-refractivity contribution in [3.8, 4) is 11.5 Å². The third-order valence-corrected chi connectivity index (χ3v) is 3.26. The van der Waals surface area contributed by atoms with Crippen molar-refractivity contribution in [3.05, 3.63) is 23.3 Å². The molecule has 0 aliphatic heterocycles. The molecule has 1 aromatic carbocycles. The van der Waals surface area contributed by atoms with Gasteiger partial charge in [0.25, 0.3) is 5.91 Å². The van der Waals surface area contributed by atoms with E-state index in [9.17, 15) is 9.59 Å². The van der Waals surface area contributed by atoms with E-state index in [1.165, 1.54) is 14.2 Å². The Balaban J connectivity index is 2.98. The van der Waals surface area contributed by atoms with Crippen molar-refractivity contribution in [1.82, 2.24) is 5.32 Å². The molecule has 0 fully saturated rings. The van der Waals surface area contributed by atoms with Gasteiger partial charge in [-0.3, -0.25) is 9.59 Å². The fourth-order valence-electron chi connectivity index (χ4n) is 1.99. The number of benzene rings is 1. The summed E-state index contributed by atoms with van der Waals surface area (Å²) in [5, 5.41) is 11.5. The molecule has 0 spiro atoms. The SMILES string of the molecule is CCC(CC(=O)O)NC(=O)c1cc(OC)c(C)c(OC)c1. The summed E-state index contributed by atoms with van der Waals surface area (Å²) < 4.78 is 10.4. The largest absolute Gasteiger partial charge is 0.496 e. The van der Waals surface area contributed by atoms with Crippen LogP contribution in [0.2, 0.25) is 0 Å². The van der Waals surface area contributed by atoms with E-state index in [0.29, 0.717) is 23.5 Å². The number of carbonyl (C=O) groups is 2. The zero-order valence-electron chi connectivity index (χ0n) is 12.7. The van der Waals surface area contributed by atoms with Gasteiger partial charge in [-0.05, 0) is 25.5 Å². The average Bonchev–Trinajstić information content (AvgIpc) is 2.46. The molecule has 1 rings (SSSR count). The van der Waals surface area contributed by atoms with Crippen molar-refractivity contribution in [3.63, 3.8) is 0 Å². The Kier molecular flexibility index (Phi) is 6.02. The van der Waals surface area contributed by atoms with Crippen LogP contribution >= 0.6 is 0 Å². The van der Waals surface area contributed by atoms with E-state index in [-0.39, 0.29) is 12.3 Å². The summed E-state index contributed by atoms with van der Waals surface area (Å²) in [6.45, 7) is 3.66. The molecule has 1 atom stereocenters. The number of hydrogen-bond acceptors (Lipinski definition) is 4. The quantitative estimate of drug-likeness (QED) is 0.803. The van der Waals surface area contributed by atoms with Crippen molar-refractivity contribution in [2.24, 2.45) is 0 Å². The Labute approximate surface area is 124 Å². The highest BCUT2D eigenvalue weighted by atomic mass is 16.5. The molecule has 2 N–H and O–H groups in total. The zero-order chi connectivity index (χ0) is 16.0. The minimum Gasteiger partial charge on any atom is -0.496 e. The van der Waals surface area contributed by atoms with E-state index in [1.807, 2.05) is 13.8 Å². The van der Waals surface area contributed by atoms with Gasteiger partial charge in [0.2, 0.25) is 0 Å². The molecule has 1 aromatic rings. The van der Waals surface area contributed by atoms with Crippen LogP contribution in [0.25, 0.3) is 0 Å². The number of methoxy groups -OCH3 is 2. The van der Waals surface area contributed by atoms with Crippen LogP contribution in [0.15, 0.2) is 12.1 Å². The Morgan fingerprint density at radius 3 is 2.14 bits per heavy atom. The number of carboxylic acid groups (broad SMARTS) is 1. The maximum absolute atomic E-state index is 12.2. The highest BCUT2D eigenvalue weighted by Gasteiger charge is 2.18. The first-order valence-electron chi connectivity index (χ1n) is 6.68. The summed E-state index contributed by atoms with van der Waals surface area (Å²) in [5.74, 6) is -0.197. The molecular formula is C15H21NO5. The predicted octanol–water partition coefficient (Wildman–Crippen LogP) is 2.00. The van der Waals surface area contributed by atoms with E-state index in [2.05, 4.69) is 5.32 Å². The molecule has 0 saturated heterocycles. The van der Waals surface area contributed by atoms with Crippen molar-refractivity contribution in [1.29, 1.82) is 0 Å². The number of nitrogens with one attached hydrogen (secondary N) is 1. The summed E-state index contributed by atoms with van der Waals surface area (Å²) in [7, 11) is 3.03. The van der Waals surface area contributed by atoms with E-state index in [0.717, 1.165) is 5.56 Å². The molecule has 1 unspecified atom stereocenters. The van der Waals surface area contributed by atoms with E-state index < -0.39 is 12.0 Å². The summed E-state index contributed by atoms with van der Waals surface area (Å²) in [6, 6.07) is 2.81. The molecular weight excluding hydrogens is 274 g/mol. The number of rotatable bonds is 7. The van der Waals surface area contributed by atoms with Crippen LogP contribution in [-0.2, 0) is 4.79 Å². The molecule has 0 aliphatic carbocycles. The van der Waals surface area contributed by atoms with Gasteiger partial charge in [0, 0.05) is 17.2 Å². The third kappa shape index (κ3) is 4.37.